The number of aliphatic hydroxyl groups is 1. The van der Waals surface area contributed by atoms with Crippen LogP contribution in [0.5, 0.6) is 0 Å². The molecule has 1 N–H and O–H groups in total. The molecular formula is C29H36N2O4. The Bertz CT molecular complexity index is 1140. The van der Waals surface area contributed by atoms with Crippen molar-refractivity contribution in [2.75, 3.05) is 20.7 Å². The lowest BCUT2D eigenvalue weighted by atomic mass is 9.99. The Kier molecular flexibility index (Phi) is 8.52. The standard InChI is InChI=1S/C29H36N2O4/c1-29(2,3)35-28(34)31(5)26(19-22-15-16-23-13-9-10-14-24(23)17-22)27(33)30(4)25(20-32)18-21-11-7-6-8-12-21/h6-17,25-26,32H,18-20H2,1-5H3/t25-,26-/m1/s1. The van der Waals surface area contributed by atoms with E-state index in [2.05, 4.69) is 0 Å². The van der Waals surface area contributed by atoms with E-state index in [1.165, 1.54) is 4.90 Å². The monoisotopic (exact) mass is 476 g/mol. The summed E-state index contributed by atoms with van der Waals surface area (Å²) in [4.78, 5) is 29.6. The Hall–Kier alpha value is -3.38. The first kappa shape index (κ1) is 26.2. The van der Waals surface area contributed by atoms with E-state index < -0.39 is 23.8 Å². The summed E-state index contributed by atoms with van der Waals surface area (Å²) >= 11 is 0. The molecule has 0 heterocycles. The molecule has 3 aromatic rings. The van der Waals surface area contributed by atoms with E-state index in [9.17, 15) is 14.7 Å². The van der Waals surface area contributed by atoms with Gasteiger partial charge in [0, 0.05) is 20.5 Å². The molecule has 0 aliphatic carbocycles. The van der Waals surface area contributed by atoms with Crippen molar-refractivity contribution in [2.24, 2.45) is 0 Å². The number of hydrogen-bond acceptors (Lipinski definition) is 4. The normalized spacial score (nSPS) is 13.2. The number of amides is 2. The number of aliphatic hydroxyl groups excluding tert-OH is 1. The van der Waals surface area contributed by atoms with E-state index in [1.54, 1.807) is 39.8 Å². The highest BCUT2D eigenvalue weighted by molar-refractivity contribution is 5.87. The molecular weight excluding hydrogens is 440 g/mol. The van der Waals surface area contributed by atoms with E-state index in [4.69, 9.17) is 4.74 Å². The van der Waals surface area contributed by atoms with Gasteiger partial charge in [-0.1, -0.05) is 72.8 Å². The summed E-state index contributed by atoms with van der Waals surface area (Å²) in [5.74, 6) is -0.249. The third-order valence-corrected chi connectivity index (χ3v) is 6.10. The van der Waals surface area contributed by atoms with Crippen molar-refractivity contribution in [2.45, 2.75) is 51.3 Å². The minimum absolute atomic E-state index is 0.185. The molecule has 0 fully saturated rings. The second-order valence-electron chi connectivity index (χ2n) is 9.97. The van der Waals surface area contributed by atoms with E-state index in [-0.39, 0.29) is 12.5 Å². The molecule has 2 atom stereocenters. The molecule has 0 saturated carbocycles. The minimum Gasteiger partial charge on any atom is -0.444 e. The van der Waals surface area contributed by atoms with Gasteiger partial charge in [0.25, 0.3) is 0 Å². The SMILES string of the molecule is CN(C(=O)[C@@H](Cc1ccc2ccccc2c1)N(C)C(=O)OC(C)(C)C)[C@@H](CO)Cc1ccccc1. The lowest BCUT2D eigenvalue weighted by molar-refractivity contribution is -0.138. The molecule has 186 valence electrons. The van der Waals surface area contributed by atoms with Gasteiger partial charge in [-0.05, 0) is 49.1 Å². The number of benzene rings is 3. The van der Waals surface area contributed by atoms with Crippen LogP contribution in [-0.2, 0) is 22.4 Å². The quantitative estimate of drug-likeness (QED) is 0.513. The fraction of sp³-hybridized carbons (Fsp3) is 0.379. The molecule has 0 bridgehead atoms. The molecule has 6 nitrogen and oxygen atoms in total. The third-order valence-electron chi connectivity index (χ3n) is 6.10. The first-order chi connectivity index (χ1) is 16.6. The summed E-state index contributed by atoms with van der Waals surface area (Å²) in [6.45, 7) is 5.21. The second kappa shape index (κ2) is 11.4. The summed E-state index contributed by atoms with van der Waals surface area (Å²) < 4.78 is 5.57. The average molecular weight is 477 g/mol. The van der Waals surface area contributed by atoms with Crippen LogP contribution in [0, 0.1) is 0 Å². The van der Waals surface area contributed by atoms with Crippen LogP contribution >= 0.6 is 0 Å². The van der Waals surface area contributed by atoms with Crippen molar-refractivity contribution in [3.05, 3.63) is 83.9 Å². The first-order valence-electron chi connectivity index (χ1n) is 11.9. The number of ether oxygens (including phenoxy) is 1. The van der Waals surface area contributed by atoms with Crippen LogP contribution in [0.4, 0.5) is 4.79 Å². The summed E-state index contributed by atoms with van der Waals surface area (Å²) in [6, 6.07) is 22.6. The lowest BCUT2D eigenvalue weighted by Gasteiger charge is -2.35. The molecule has 0 saturated heterocycles. The van der Waals surface area contributed by atoms with Crippen molar-refractivity contribution < 1.29 is 19.4 Å². The Morgan fingerprint density at radius 2 is 1.46 bits per heavy atom. The first-order valence-corrected chi connectivity index (χ1v) is 11.9. The van der Waals surface area contributed by atoms with Crippen LogP contribution in [0.2, 0.25) is 0 Å². The van der Waals surface area contributed by atoms with E-state index in [1.807, 2.05) is 72.8 Å². The number of fused-ring (bicyclic) bond motifs is 1. The van der Waals surface area contributed by atoms with Crippen LogP contribution in [0.3, 0.4) is 0 Å². The van der Waals surface area contributed by atoms with E-state index >= 15 is 0 Å². The van der Waals surface area contributed by atoms with Gasteiger partial charge in [0.2, 0.25) is 5.91 Å². The van der Waals surface area contributed by atoms with Gasteiger partial charge in [0.05, 0.1) is 12.6 Å². The number of nitrogens with zero attached hydrogens (tertiary/aromatic N) is 2. The van der Waals surface area contributed by atoms with Crippen LogP contribution in [0.15, 0.2) is 72.8 Å². The predicted molar refractivity (Wildman–Crippen MR) is 139 cm³/mol. The maximum absolute atomic E-state index is 13.8. The van der Waals surface area contributed by atoms with Crippen LogP contribution < -0.4 is 0 Å². The topological polar surface area (TPSA) is 70.1 Å². The number of hydrogen-bond donors (Lipinski definition) is 1. The number of carbonyl (C=O) groups is 2. The minimum atomic E-state index is -0.791. The molecule has 6 heteroatoms. The largest absolute Gasteiger partial charge is 0.444 e. The van der Waals surface area contributed by atoms with E-state index in [0.29, 0.717) is 12.8 Å². The van der Waals surface area contributed by atoms with Gasteiger partial charge in [0.1, 0.15) is 11.6 Å². The van der Waals surface area contributed by atoms with Gasteiger partial charge in [-0.15, -0.1) is 0 Å². The molecule has 3 aromatic carbocycles. The maximum atomic E-state index is 13.8. The zero-order chi connectivity index (χ0) is 25.6. The number of likely N-dealkylation sites (N-methyl/N-ethyl adjacent to an activating group) is 2. The highest BCUT2D eigenvalue weighted by Crippen LogP contribution is 2.21. The molecule has 2 amide bonds. The van der Waals surface area contributed by atoms with Gasteiger partial charge in [-0.25, -0.2) is 4.79 Å². The highest BCUT2D eigenvalue weighted by atomic mass is 16.6. The van der Waals surface area contributed by atoms with Gasteiger partial charge < -0.3 is 14.7 Å². The molecule has 0 unspecified atom stereocenters. The molecule has 0 aliphatic heterocycles. The smallest absolute Gasteiger partial charge is 0.410 e. The lowest BCUT2D eigenvalue weighted by Crippen LogP contribution is -2.53. The zero-order valence-corrected chi connectivity index (χ0v) is 21.3. The molecule has 0 aromatic heterocycles. The Morgan fingerprint density at radius 3 is 2.09 bits per heavy atom. The van der Waals surface area contributed by atoms with E-state index in [0.717, 1.165) is 21.9 Å². The molecule has 35 heavy (non-hydrogen) atoms. The van der Waals surface area contributed by atoms with Crippen molar-refractivity contribution >= 4 is 22.8 Å². The summed E-state index contributed by atoms with van der Waals surface area (Å²) in [5.41, 5.74) is 1.28. The average Bonchev–Trinajstić information content (AvgIpc) is 2.84. The molecule has 0 radical (unpaired) electrons. The van der Waals surface area contributed by atoms with Crippen LogP contribution in [0.25, 0.3) is 10.8 Å². The van der Waals surface area contributed by atoms with Crippen LogP contribution in [-0.4, -0.2) is 65.3 Å². The van der Waals surface area contributed by atoms with Gasteiger partial charge in [-0.3, -0.25) is 9.69 Å². The highest BCUT2D eigenvalue weighted by Gasteiger charge is 2.34. The Labute approximate surface area is 208 Å². The summed E-state index contributed by atoms with van der Waals surface area (Å²) in [7, 11) is 3.28. The van der Waals surface area contributed by atoms with Crippen molar-refractivity contribution in [3.8, 4) is 0 Å². The Balaban J connectivity index is 1.88. The summed E-state index contributed by atoms with van der Waals surface area (Å²) in [6.07, 6.45) is 0.278. The fourth-order valence-corrected chi connectivity index (χ4v) is 4.07. The predicted octanol–water partition coefficient (Wildman–Crippen LogP) is 4.68. The van der Waals surface area contributed by atoms with Crippen LogP contribution in [0.1, 0.15) is 31.9 Å². The maximum Gasteiger partial charge on any atom is 0.410 e. The third kappa shape index (κ3) is 7.06. The van der Waals surface area contributed by atoms with Crippen molar-refractivity contribution in [1.82, 2.24) is 9.80 Å². The number of rotatable bonds is 8. The fourth-order valence-electron chi connectivity index (χ4n) is 4.07. The molecule has 3 rings (SSSR count). The zero-order valence-electron chi connectivity index (χ0n) is 21.3. The molecule has 0 spiro atoms. The van der Waals surface area contributed by atoms with Crippen molar-refractivity contribution in [1.29, 1.82) is 0 Å². The van der Waals surface area contributed by atoms with Crippen molar-refractivity contribution in [3.63, 3.8) is 0 Å². The summed E-state index contributed by atoms with van der Waals surface area (Å²) in [5, 5.41) is 12.3. The Morgan fingerprint density at radius 1 is 0.829 bits per heavy atom. The molecule has 0 aliphatic rings. The van der Waals surface area contributed by atoms with Gasteiger partial charge >= 0.3 is 6.09 Å². The van der Waals surface area contributed by atoms with Gasteiger partial charge in [0.15, 0.2) is 0 Å². The number of carbonyl (C=O) groups excluding carboxylic acids is 2. The van der Waals surface area contributed by atoms with Gasteiger partial charge in [-0.2, -0.15) is 0 Å². The second-order valence-corrected chi connectivity index (χ2v) is 9.97.